The minimum atomic E-state index is 0.435. The maximum absolute atomic E-state index is 8.88. The fourth-order valence-electron chi connectivity index (χ4n) is 1.88. The van der Waals surface area contributed by atoms with Crippen LogP contribution in [-0.2, 0) is 20.0 Å². The molecule has 0 saturated carbocycles. The van der Waals surface area contributed by atoms with Crippen molar-refractivity contribution < 1.29 is 0 Å². The van der Waals surface area contributed by atoms with Gasteiger partial charge < -0.3 is 9.88 Å². The molecule has 2 rings (SSSR count). The van der Waals surface area contributed by atoms with E-state index in [0.717, 1.165) is 16.8 Å². The minimum absolute atomic E-state index is 0.435. The van der Waals surface area contributed by atoms with Gasteiger partial charge in [-0.2, -0.15) is 10.5 Å². The highest BCUT2D eigenvalue weighted by Crippen LogP contribution is 2.13. The number of aromatic nitrogens is 1. The summed E-state index contributed by atoms with van der Waals surface area (Å²) in [6.45, 7) is 0.674. The van der Waals surface area contributed by atoms with Crippen LogP contribution in [-0.4, -0.2) is 4.57 Å². The first-order chi connectivity index (χ1) is 9.22. The van der Waals surface area contributed by atoms with Crippen molar-refractivity contribution in [3.63, 3.8) is 0 Å². The highest BCUT2D eigenvalue weighted by molar-refractivity contribution is 5.45. The zero-order chi connectivity index (χ0) is 13.7. The highest BCUT2D eigenvalue weighted by Gasteiger charge is 2.02. The summed E-state index contributed by atoms with van der Waals surface area (Å²) in [5, 5.41) is 20.8. The van der Waals surface area contributed by atoms with E-state index in [4.69, 9.17) is 10.5 Å². The van der Waals surface area contributed by atoms with Gasteiger partial charge in [0.1, 0.15) is 11.8 Å². The lowest BCUT2D eigenvalue weighted by Gasteiger charge is -2.05. The molecule has 0 spiro atoms. The van der Waals surface area contributed by atoms with Crippen LogP contribution >= 0.6 is 0 Å². The number of nitrogens with one attached hydrogen (secondary N) is 1. The summed E-state index contributed by atoms with van der Waals surface area (Å²) >= 11 is 0. The van der Waals surface area contributed by atoms with Crippen molar-refractivity contribution in [1.82, 2.24) is 4.57 Å². The molecule has 1 heterocycles. The molecular formula is C15H14N4. The molecule has 94 valence electrons. The van der Waals surface area contributed by atoms with Crippen molar-refractivity contribution in [2.45, 2.75) is 13.0 Å². The van der Waals surface area contributed by atoms with E-state index in [-0.39, 0.29) is 0 Å². The molecule has 0 unspecified atom stereocenters. The number of benzene rings is 1. The van der Waals surface area contributed by atoms with Gasteiger partial charge in [0, 0.05) is 25.5 Å². The maximum atomic E-state index is 8.88. The Morgan fingerprint density at radius 3 is 2.47 bits per heavy atom. The van der Waals surface area contributed by atoms with E-state index >= 15 is 0 Å². The number of aryl methyl sites for hydroxylation is 1. The van der Waals surface area contributed by atoms with Gasteiger partial charge in [-0.15, -0.1) is 0 Å². The van der Waals surface area contributed by atoms with E-state index in [1.165, 1.54) is 0 Å². The van der Waals surface area contributed by atoms with Crippen LogP contribution in [0, 0.1) is 22.7 Å². The summed E-state index contributed by atoms with van der Waals surface area (Å²) in [5.41, 5.74) is 3.74. The normalized spacial score (nSPS) is 9.63. The Balaban J connectivity index is 1.98. The molecule has 4 heteroatoms. The van der Waals surface area contributed by atoms with Crippen molar-refractivity contribution in [3.05, 3.63) is 53.3 Å². The monoisotopic (exact) mass is 250 g/mol. The van der Waals surface area contributed by atoms with Gasteiger partial charge in [-0.3, -0.25) is 0 Å². The second kappa shape index (κ2) is 5.75. The van der Waals surface area contributed by atoms with E-state index in [1.54, 1.807) is 0 Å². The van der Waals surface area contributed by atoms with Crippen molar-refractivity contribution in [2.24, 2.45) is 7.05 Å². The minimum Gasteiger partial charge on any atom is -0.381 e. The summed E-state index contributed by atoms with van der Waals surface area (Å²) in [5.74, 6) is 0. The molecule has 0 aliphatic rings. The molecule has 0 aliphatic heterocycles. The van der Waals surface area contributed by atoms with Crippen molar-refractivity contribution >= 4 is 5.69 Å². The number of hydrogen-bond donors (Lipinski definition) is 1. The average molecular weight is 250 g/mol. The van der Waals surface area contributed by atoms with Crippen LogP contribution in [0.5, 0.6) is 0 Å². The summed E-state index contributed by atoms with van der Waals surface area (Å²) in [4.78, 5) is 0. The van der Waals surface area contributed by atoms with Crippen LogP contribution in [0.15, 0.2) is 36.5 Å². The first-order valence-electron chi connectivity index (χ1n) is 5.98. The third-order valence-corrected chi connectivity index (χ3v) is 2.91. The van der Waals surface area contributed by atoms with Crippen LogP contribution < -0.4 is 5.32 Å². The van der Waals surface area contributed by atoms with Gasteiger partial charge in [-0.1, -0.05) is 12.1 Å². The number of rotatable bonds is 4. The lowest BCUT2D eigenvalue weighted by molar-refractivity contribution is 0.902. The Hall–Kier alpha value is -2.72. The summed E-state index contributed by atoms with van der Waals surface area (Å²) < 4.78 is 1.81. The Kier molecular flexibility index (Phi) is 3.85. The zero-order valence-corrected chi connectivity index (χ0v) is 10.7. The van der Waals surface area contributed by atoms with E-state index in [0.29, 0.717) is 18.7 Å². The predicted molar refractivity (Wildman–Crippen MR) is 73.2 cm³/mol. The molecule has 2 aromatic rings. The van der Waals surface area contributed by atoms with E-state index < -0.39 is 0 Å². The SMILES string of the molecule is Cn1cc(CNc2ccc(CC#N)cc2)cc1C#N. The van der Waals surface area contributed by atoms with Crippen molar-refractivity contribution in [1.29, 1.82) is 10.5 Å². The van der Waals surface area contributed by atoms with Crippen LogP contribution in [0.25, 0.3) is 0 Å². The van der Waals surface area contributed by atoms with Crippen molar-refractivity contribution in [3.8, 4) is 12.1 Å². The predicted octanol–water partition coefficient (Wildman–Crippen LogP) is 2.57. The number of nitrogens with zero attached hydrogens (tertiary/aromatic N) is 3. The van der Waals surface area contributed by atoms with E-state index in [1.807, 2.05) is 48.1 Å². The van der Waals surface area contributed by atoms with E-state index in [2.05, 4.69) is 17.5 Å². The lowest BCUT2D eigenvalue weighted by Crippen LogP contribution is -1.98. The van der Waals surface area contributed by atoms with Gasteiger partial charge in [0.05, 0.1) is 12.5 Å². The van der Waals surface area contributed by atoms with Gasteiger partial charge in [-0.05, 0) is 29.3 Å². The van der Waals surface area contributed by atoms with Gasteiger partial charge in [0.25, 0.3) is 0 Å². The molecule has 19 heavy (non-hydrogen) atoms. The van der Waals surface area contributed by atoms with Gasteiger partial charge >= 0.3 is 0 Å². The van der Waals surface area contributed by atoms with E-state index in [9.17, 15) is 0 Å². The Morgan fingerprint density at radius 2 is 1.89 bits per heavy atom. The summed E-state index contributed by atoms with van der Waals surface area (Å²) in [6, 6.07) is 13.9. The molecule has 0 atom stereocenters. The summed E-state index contributed by atoms with van der Waals surface area (Å²) in [7, 11) is 1.86. The molecule has 1 aromatic heterocycles. The molecule has 0 radical (unpaired) electrons. The Bertz CT molecular complexity index is 638. The quantitative estimate of drug-likeness (QED) is 0.907. The molecule has 0 aliphatic carbocycles. The summed E-state index contributed by atoms with van der Waals surface area (Å²) in [6.07, 6.45) is 2.38. The zero-order valence-electron chi connectivity index (χ0n) is 10.7. The van der Waals surface area contributed by atoms with Gasteiger partial charge in [0.15, 0.2) is 0 Å². The van der Waals surface area contributed by atoms with Crippen LogP contribution in [0.1, 0.15) is 16.8 Å². The molecule has 0 amide bonds. The molecule has 0 saturated heterocycles. The van der Waals surface area contributed by atoms with Crippen LogP contribution in [0.2, 0.25) is 0 Å². The standard InChI is InChI=1S/C15H14N4/c1-19-11-13(8-15(19)9-17)10-18-14-4-2-12(3-5-14)6-7-16/h2-5,8,11,18H,6,10H2,1H3. The van der Waals surface area contributed by atoms with Crippen molar-refractivity contribution in [2.75, 3.05) is 5.32 Å². The van der Waals surface area contributed by atoms with Crippen LogP contribution in [0.4, 0.5) is 5.69 Å². The fraction of sp³-hybridized carbons (Fsp3) is 0.200. The largest absolute Gasteiger partial charge is 0.381 e. The molecule has 1 N–H and O–H groups in total. The maximum Gasteiger partial charge on any atom is 0.120 e. The Morgan fingerprint density at radius 1 is 1.16 bits per heavy atom. The topological polar surface area (TPSA) is 64.5 Å². The first-order valence-corrected chi connectivity index (χ1v) is 5.98. The number of hydrogen-bond acceptors (Lipinski definition) is 3. The molecule has 1 aromatic carbocycles. The average Bonchev–Trinajstić information content (AvgIpc) is 2.79. The second-order valence-electron chi connectivity index (χ2n) is 4.34. The molecular weight excluding hydrogens is 236 g/mol. The third kappa shape index (κ3) is 3.14. The van der Waals surface area contributed by atoms with Gasteiger partial charge in [0.2, 0.25) is 0 Å². The number of anilines is 1. The molecule has 0 bridgehead atoms. The Labute approximate surface area is 112 Å². The molecule has 0 fully saturated rings. The number of nitriles is 2. The highest BCUT2D eigenvalue weighted by atomic mass is 14.9. The first kappa shape index (κ1) is 12.7. The second-order valence-corrected chi connectivity index (χ2v) is 4.34. The smallest absolute Gasteiger partial charge is 0.120 e. The lowest BCUT2D eigenvalue weighted by atomic mass is 10.1. The molecule has 4 nitrogen and oxygen atoms in total. The van der Waals surface area contributed by atoms with Crippen LogP contribution in [0.3, 0.4) is 0 Å². The fourth-order valence-corrected chi connectivity index (χ4v) is 1.88. The third-order valence-electron chi connectivity index (χ3n) is 2.91. The van der Waals surface area contributed by atoms with Gasteiger partial charge in [-0.25, -0.2) is 0 Å².